The second kappa shape index (κ2) is 7.62. The lowest BCUT2D eigenvalue weighted by molar-refractivity contribution is 0.0733. The van der Waals surface area contributed by atoms with E-state index in [4.69, 9.17) is 16.4 Å². The first-order chi connectivity index (χ1) is 13.9. The molecule has 0 fully saturated rings. The fraction of sp³-hybridized carbons (Fsp3) is 0.278. The third-order valence-electron chi connectivity index (χ3n) is 4.53. The van der Waals surface area contributed by atoms with E-state index in [2.05, 4.69) is 15.3 Å². The van der Waals surface area contributed by atoms with Crippen molar-refractivity contribution in [3.8, 4) is 0 Å². The predicted octanol–water partition coefficient (Wildman–Crippen LogP) is 2.39. The number of fused-ring (bicyclic) bond motifs is 2. The Kier molecular flexibility index (Phi) is 5.15. The zero-order valence-electron chi connectivity index (χ0n) is 15.9. The van der Waals surface area contributed by atoms with Gasteiger partial charge in [-0.1, -0.05) is 30.3 Å². The summed E-state index contributed by atoms with van der Waals surface area (Å²) in [7, 11) is -3.60. The van der Waals surface area contributed by atoms with Gasteiger partial charge in [-0.25, -0.2) is 13.4 Å². The maximum absolute atomic E-state index is 12.8. The van der Waals surface area contributed by atoms with Gasteiger partial charge in [0.2, 0.25) is 10.0 Å². The van der Waals surface area contributed by atoms with E-state index in [-0.39, 0.29) is 11.5 Å². The molecule has 0 unspecified atom stereocenters. The Balaban J connectivity index is 1.62. The number of halogens is 1. The summed E-state index contributed by atoms with van der Waals surface area (Å²) in [5.41, 5.74) is 2.40. The van der Waals surface area contributed by atoms with Crippen molar-refractivity contribution >= 4 is 38.3 Å². The smallest absolute Gasteiger partial charge is 0.243 e. The lowest BCUT2D eigenvalue weighted by atomic mass is 10.3. The van der Waals surface area contributed by atoms with Gasteiger partial charge < -0.3 is 9.24 Å². The van der Waals surface area contributed by atoms with Gasteiger partial charge in [-0.05, 0) is 35.5 Å². The van der Waals surface area contributed by atoms with Gasteiger partial charge in [0.05, 0.1) is 15.6 Å². The van der Waals surface area contributed by atoms with Crippen LogP contribution in [0.2, 0.25) is 5.02 Å². The molecule has 0 amide bonds. The van der Waals surface area contributed by atoms with Gasteiger partial charge in [-0.3, -0.25) is 0 Å². The van der Waals surface area contributed by atoms with Crippen LogP contribution in [0.1, 0.15) is 19.5 Å². The molecular weight excluding hydrogens is 416 g/mol. The van der Waals surface area contributed by atoms with Gasteiger partial charge >= 0.3 is 0 Å². The van der Waals surface area contributed by atoms with E-state index in [9.17, 15) is 8.42 Å². The normalized spacial score (nSPS) is 12.3. The van der Waals surface area contributed by atoms with Crippen molar-refractivity contribution in [1.29, 1.82) is 0 Å². The van der Waals surface area contributed by atoms with Gasteiger partial charge in [0.25, 0.3) is 0 Å². The molecule has 0 aliphatic carbocycles. The summed E-state index contributed by atoms with van der Waals surface area (Å²) in [4.78, 5) is 11.5. The third-order valence-corrected chi connectivity index (χ3v) is 6.80. The topological polar surface area (TPSA) is 94.6 Å². The van der Waals surface area contributed by atoms with Crippen LogP contribution >= 0.6 is 11.6 Å². The number of pyridine rings is 1. The van der Waals surface area contributed by atoms with E-state index >= 15 is 0 Å². The van der Waals surface area contributed by atoms with Gasteiger partial charge in [0.1, 0.15) is 16.7 Å². The molecule has 9 nitrogen and oxygen atoms in total. The fourth-order valence-corrected chi connectivity index (χ4v) is 4.71. The molecular formula is C18H19ClN6O3S. The first-order valence-electron chi connectivity index (χ1n) is 9.04. The van der Waals surface area contributed by atoms with E-state index in [0.29, 0.717) is 34.8 Å². The van der Waals surface area contributed by atoms with Crippen LogP contribution in [0, 0.1) is 0 Å². The fourth-order valence-electron chi connectivity index (χ4n) is 3.06. The van der Waals surface area contributed by atoms with Crippen LogP contribution in [-0.4, -0.2) is 50.4 Å². The second-order valence-corrected chi connectivity index (χ2v) is 8.70. The van der Waals surface area contributed by atoms with Crippen LogP contribution in [0.25, 0.3) is 16.7 Å². The first-order valence-corrected chi connectivity index (χ1v) is 10.9. The van der Waals surface area contributed by atoms with Crippen LogP contribution in [0.5, 0.6) is 0 Å². The highest BCUT2D eigenvalue weighted by Crippen LogP contribution is 2.20. The minimum absolute atomic E-state index is 0.130. The molecule has 0 saturated heterocycles. The van der Waals surface area contributed by atoms with Crippen molar-refractivity contribution in [3.05, 3.63) is 53.4 Å². The van der Waals surface area contributed by atoms with E-state index in [1.54, 1.807) is 48.8 Å². The molecule has 0 radical (unpaired) electrons. The molecule has 0 saturated carbocycles. The molecule has 0 bridgehead atoms. The van der Waals surface area contributed by atoms with Crippen LogP contribution in [-0.2, 0) is 16.6 Å². The molecule has 0 aliphatic heterocycles. The highest BCUT2D eigenvalue weighted by Gasteiger charge is 2.23. The molecule has 0 N–H and O–H groups in total. The highest BCUT2D eigenvalue weighted by atomic mass is 35.5. The molecule has 11 heteroatoms. The summed E-state index contributed by atoms with van der Waals surface area (Å²) in [5, 5.41) is 8.60. The van der Waals surface area contributed by atoms with Crippen molar-refractivity contribution in [2.45, 2.75) is 25.3 Å². The van der Waals surface area contributed by atoms with E-state index in [1.165, 1.54) is 21.3 Å². The molecule has 4 rings (SSSR count). The molecule has 4 aromatic rings. The second-order valence-electron chi connectivity index (χ2n) is 6.32. The van der Waals surface area contributed by atoms with Gasteiger partial charge in [-0.2, -0.15) is 4.31 Å². The van der Waals surface area contributed by atoms with Gasteiger partial charge in [-0.15, -0.1) is 5.10 Å². The minimum Gasteiger partial charge on any atom is -0.388 e. The number of hydrogen-bond donors (Lipinski definition) is 0. The first kappa shape index (κ1) is 19.6. The number of rotatable bonds is 7. The third kappa shape index (κ3) is 3.66. The van der Waals surface area contributed by atoms with E-state index in [1.807, 2.05) is 0 Å². The quantitative estimate of drug-likeness (QED) is 0.443. The van der Waals surface area contributed by atoms with Crippen LogP contribution < -0.4 is 4.84 Å². The van der Waals surface area contributed by atoms with Crippen molar-refractivity contribution in [2.75, 3.05) is 13.1 Å². The average Bonchev–Trinajstić information content (AvgIpc) is 3.29. The number of nitrogens with zero attached hydrogens (tertiary/aromatic N) is 6. The van der Waals surface area contributed by atoms with Crippen LogP contribution in [0.4, 0.5) is 0 Å². The Bertz CT molecular complexity index is 1280. The maximum atomic E-state index is 12.8. The zero-order valence-corrected chi connectivity index (χ0v) is 17.4. The Morgan fingerprint density at radius 2 is 1.93 bits per heavy atom. The molecule has 152 valence electrons. The Morgan fingerprint density at radius 3 is 2.69 bits per heavy atom. The largest absolute Gasteiger partial charge is 0.388 e. The van der Waals surface area contributed by atoms with Crippen molar-refractivity contribution in [3.63, 3.8) is 0 Å². The summed E-state index contributed by atoms with van der Waals surface area (Å²) in [6.45, 7) is 4.52. The molecule has 0 atom stereocenters. The summed E-state index contributed by atoms with van der Waals surface area (Å²) in [5.74, 6) is 0. The number of aromatic nitrogens is 5. The van der Waals surface area contributed by atoms with Crippen molar-refractivity contribution in [2.24, 2.45) is 0 Å². The predicted molar refractivity (Wildman–Crippen MR) is 108 cm³/mol. The molecule has 3 heterocycles. The molecule has 1 aromatic carbocycles. The lowest BCUT2D eigenvalue weighted by Crippen LogP contribution is -2.30. The lowest BCUT2D eigenvalue weighted by Gasteiger charge is -2.18. The number of benzene rings is 1. The number of sulfonamides is 1. The Labute approximate surface area is 172 Å². The zero-order chi connectivity index (χ0) is 20.6. The average molecular weight is 435 g/mol. The summed E-state index contributed by atoms with van der Waals surface area (Å²) < 4.78 is 28.8. The molecule has 3 aromatic heterocycles. The Hall–Kier alpha value is -2.69. The van der Waals surface area contributed by atoms with Crippen molar-refractivity contribution in [1.82, 2.24) is 28.8 Å². The van der Waals surface area contributed by atoms with Crippen LogP contribution in [0.3, 0.4) is 0 Å². The van der Waals surface area contributed by atoms with Gasteiger partial charge in [0.15, 0.2) is 6.61 Å². The number of imidazole rings is 1. The summed E-state index contributed by atoms with van der Waals surface area (Å²) >= 11 is 5.99. The SMILES string of the molecule is CCN(CC)S(=O)(=O)c1ccc2nnn(OCc3cn4cc(Cl)ccc4n3)c2c1. The van der Waals surface area contributed by atoms with E-state index in [0.717, 1.165) is 5.65 Å². The summed E-state index contributed by atoms with van der Waals surface area (Å²) in [6.07, 6.45) is 3.55. The minimum atomic E-state index is -3.60. The standard InChI is InChI=1S/C18H19ClN6O3S/c1-3-24(4-2)29(26,27)15-6-7-16-17(9-15)25(22-21-16)28-12-14-11-23-10-13(19)5-8-18(23)20-14/h5-11H,3-4,12H2,1-2H3. The molecule has 0 spiro atoms. The maximum Gasteiger partial charge on any atom is 0.243 e. The monoisotopic (exact) mass is 434 g/mol. The van der Waals surface area contributed by atoms with Crippen molar-refractivity contribution < 1.29 is 13.3 Å². The van der Waals surface area contributed by atoms with E-state index < -0.39 is 10.0 Å². The molecule has 29 heavy (non-hydrogen) atoms. The Morgan fingerprint density at radius 1 is 1.14 bits per heavy atom. The summed E-state index contributed by atoms with van der Waals surface area (Å²) in [6, 6.07) is 8.23. The van der Waals surface area contributed by atoms with Crippen LogP contribution in [0.15, 0.2) is 47.6 Å². The number of hydrogen-bond acceptors (Lipinski definition) is 6. The molecule has 0 aliphatic rings. The van der Waals surface area contributed by atoms with Gasteiger partial charge in [0, 0.05) is 25.5 Å². The highest BCUT2D eigenvalue weighted by molar-refractivity contribution is 7.89.